The molecule has 2 amide bonds. The first-order valence-corrected chi connectivity index (χ1v) is 10.8. The van der Waals surface area contributed by atoms with Gasteiger partial charge in [-0.25, -0.2) is 9.59 Å². The lowest BCUT2D eigenvalue weighted by atomic mass is 9.93. The lowest BCUT2D eigenvalue weighted by Gasteiger charge is -2.31. The number of hydrogen-bond donors (Lipinski definition) is 1. The average Bonchev–Trinajstić information content (AvgIpc) is 2.76. The van der Waals surface area contributed by atoms with Gasteiger partial charge in [-0.05, 0) is 42.9 Å². The number of rotatable bonds is 7. The van der Waals surface area contributed by atoms with Crippen LogP contribution in [0.3, 0.4) is 0 Å². The van der Waals surface area contributed by atoms with E-state index in [9.17, 15) is 9.59 Å². The van der Waals surface area contributed by atoms with Gasteiger partial charge in [0.15, 0.2) is 0 Å². The van der Waals surface area contributed by atoms with Crippen molar-refractivity contribution >= 4 is 28.1 Å². The van der Waals surface area contributed by atoms with Crippen LogP contribution in [-0.2, 0) is 17.9 Å². The third-order valence-electron chi connectivity index (χ3n) is 5.29. The van der Waals surface area contributed by atoms with Crippen molar-refractivity contribution in [2.45, 2.75) is 32.4 Å². The van der Waals surface area contributed by atoms with Crippen LogP contribution in [0.25, 0.3) is 0 Å². The van der Waals surface area contributed by atoms with E-state index >= 15 is 0 Å². The molecule has 2 heterocycles. The van der Waals surface area contributed by atoms with Crippen molar-refractivity contribution in [1.29, 1.82) is 0 Å². The third kappa shape index (κ3) is 6.73. The van der Waals surface area contributed by atoms with Crippen molar-refractivity contribution in [3.8, 4) is 0 Å². The number of carbonyl (C=O) groups excluding carboxylic acids is 1. The van der Waals surface area contributed by atoms with Crippen LogP contribution in [0.5, 0.6) is 0 Å². The molecule has 0 unspecified atom stereocenters. The van der Waals surface area contributed by atoms with Gasteiger partial charge in [0, 0.05) is 30.3 Å². The number of nitrogens with zero attached hydrogens (tertiary/aromatic N) is 3. The zero-order valence-corrected chi connectivity index (χ0v) is 18.3. The topological polar surface area (TPSA) is 83.0 Å². The molecule has 0 saturated carbocycles. The Labute approximate surface area is 184 Å². The number of hydrogen-bond acceptors (Lipinski definition) is 4. The number of likely N-dealkylation sites (tertiary alicyclic amines) is 1. The molecule has 1 aliphatic heterocycles. The Morgan fingerprint density at radius 3 is 2.60 bits per heavy atom. The summed E-state index contributed by atoms with van der Waals surface area (Å²) in [4.78, 5) is 31.4. The van der Waals surface area contributed by atoms with Crippen molar-refractivity contribution in [1.82, 2.24) is 14.8 Å². The molecule has 2 aromatic rings. The number of aromatic nitrogens is 1. The fraction of sp³-hybridized carbons (Fsp3) is 0.409. The van der Waals surface area contributed by atoms with Gasteiger partial charge in [-0.15, -0.1) is 0 Å². The second-order valence-corrected chi connectivity index (χ2v) is 8.34. The summed E-state index contributed by atoms with van der Waals surface area (Å²) in [6.07, 6.45) is 2.91. The number of halogens is 1. The molecular formula is C22H26BrN3O4. The van der Waals surface area contributed by atoms with E-state index in [1.165, 1.54) is 4.90 Å². The molecule has 1 saturated heterocycles. The van der Waals surface area contributed by atoms with Crippen LogP contribution < -0.4 is 0 Å². The van der Waals surface area contributed by atoms with E-state index in [-0.39, 0.29) is 12.7 Å². The molecular weight excluding hydrogens is 450 g/mol. The summed E-state index contributed by atoms with van der Waals surface area (Å²) in [7, 11) is 0. The van der Waals surface area contributed by atoms with E-state index in [1.54, 1.807) is 11.1 Å². The summed E-state index contributed by atoms with van der Waals surface area (Å²) in [5.74, 6) is 0.389. The smallest absolute Gasteiger partial charge is 0.410 e. The van der Waals surface area contributed by atoms with E-state index in [1.807, 2.05) is 42.5 Å². The molecule has 1 fully saturated rings. The first kappa shape index (κ1) is 22.1. The first-order valence-electron chi connectivity index (χ1n) is 10.0. The standard InChI is InChI=1S/C22H26BrN3O4/c23-19-6-10-24-20(14-19)15-26(22(29)30-16-18-4-2-1-3-5-18)13-9-17-7-11-25(12-8-17)21(27)28/h1-6,10,14,17H,7-9,11-13,15-16H2,(H,27,28). The number of ether oxygens (including phenoxy) is 1. The van der Waals surface area contributed by atoms with Gasteiger partial charge in [-0.2, -0.15) is 0 Å². The van der Waals surface area contributed by atoms with Gasteiger partial charge < -0.3 is 19.6 Å². The summed E-state index contributed by atoms with van der Waals surface area (Å²) < 4.78 is 6.45. The van der Waals surface area contributed by atoms with Gasteiger partial charge in [0.2, 0.25) is 0 Å². The molecule has 8 heteroatoms. The summed E-state index contributed by atoms with van der Waals surface area (Å²) in [6, 6.07) is 13.3. The molecule has 1 aromatic carbocycles. The Morgan fingerprint density at radius 2 is 1.93 bits per heavy atom. The first-order chi connectivity index (χ1) is 14.5. The van der Waals surface area contributed by atoms with Gasteiger partial charge in [0.05, 0.1) is 12.2 Å². The molecule has 0 bridgehead atoms. The minimum Gasteiger partial charge on any atom is -0.465 e. The Balaban J connectivity index is 1.58. The average molecular weight is 476 g/mol. The second kappa shape index (κ2) is 11.0. The van der Waals surface area contributed by atoms with E-state index in [4.69, 9.17) is 9.84 Å². The van der Waals surface area contributed by atoms with Crippen LogP contribution in [0, 0.1) is 5.92 Å². The van der Waals surface area contributed by atoms with Gasteiger partial charge in [0.1, 0.15) is 6.61 Å². The molecule has 30 heavy (non-hydrogen) atoms. The number of benzene rings is 1. The third-order valence-corrected chi connectivity index (χ3v) is 5.78. The molecule has 3 rings (SSSR count). The second-order valence-electron chi connectivity index (χ2n) is 7.43. The molecule has 160 valence electrons. The number of piperidine rings is 1. The SMILES string of the molecule is O=C(O)N1CCC(CCN(Cc2cc(Br)ccn2)C(=O)OCc2ccccc2)CC1. The number of amides is 2. The molecule has 1 N–H and O–H groups in total. The van der Waals surface area contributed by atoms with Crippen molar-refractivity contribution < 1.29 is 19.4 Å². The van der Waals surface area contributed by atoms with Crippen LogP contribution in [0.1, 0.15) is 30.5 Å². The predicted molar refractivity (Wildman–Crippen MR) is 116 cm³/mol. The maximum atomic E-state index is 12.8. The lowest BCUT2D eigenvalue weighted by molar-refractivity contribution is 0.0874. The van der Waals surface area contributed by atoms with Gasteiger partial charge in [0.25, 0.3) is 0 Å². The van der Waals surface area contributed by atoms with Crippen LogP contribution >= 0.6 is 15.9 Å². The summed E-state index contributed by atoms with van der Waals surface area (Å²) in [6.45, 7) is 2.22. The van der Waals surface area contributed by atoms with Crippen molar-refractivity contribution in [2.24, 2.45) is 5.92 Å². The summed E-state index contributed by atoms with van der Waals surface area (Å²) in [5.41, 5.74) is 1.72. The van der Waals surface area contributed by atoms with Crippen molar-refractivity contribution in [2.75, 3.05) is 19.6 Å². The van der Waals surface area contributed by atoms with Crippen LogP contribution in [-0.4, -0.2) is 51.7 Å². The van der Waals surface area contributed by atoms with Gasteiger partial charge in [-0.1, -0.05) is 46.3 Å². The molecule has 1 aromatic heterocycles. The minimum absolute atomic E-state index is 0.221. The Hall–Kier alpha value is -2.61. The highest BCUT2D eigenvalue weighted by Crippen LogP contribution is 2.22. The Morgan fingerprint density at radius 1 is 1.20 bits per heavy atom. The maximum absolute atomic E-state index is 12.8. The Bertz CT molecular complexity index is 841. The summed E-state index contributed by atoms with van der Waals surface area (Å²) >= 11 is 3.44. The van der Waals surface area contributed by atoms with Crippen molar-refractivity contribution in [3.63, 3.8) is 0 Å². The van der Waals surface area contributed by atoms with Crippen LogP contribution in [0.15, 0.2) is 53.1 Å². The molecule has 0 aliphatic carbocycles. The fourth-order valence-electron chi connectivity index (χ4n) is 3.53. The van der Waals surface area contributed by atoms with E-state index in [0.717, 1.165) is 35.0 Å². The normalized spacial score (nSPS) is 14.4. The molecule has 7 nitrogen and oxygen atoms in total. The minimum atomic E-state index is -0.861. The van der Waals surface area contributed by atoms with E-state index in [0.29, 0.717) is 32.1 Å². The van der Waals surface area contributed by atoms with Gasteiger partial charge >= 0.3 is 12.2 Å². The predicted octanol–water partition coefficient (Wildman–Crippen LogP) is 4.76. The number of pyridine rings is 1. The van der Waals surface area contributed by atoms with Crippen LogP contribution in [0.4, 0.5) is 9.59 Å². The number of carbonyl (C=O) groups is 2. The van der Waals surface area contributed by atoms with Gasteiger partial charge in [-0.3, -0.25) is 4.98 Å². The quantitative estimate of drug-likeness (QED) is 0.623. The largest absolute Gasteiger partial charge is 0.465 e. The van der Waals surface area contributed by atoms with E-state index in [2.05, 4.69) is 20.9 Å². The molecule has 0 spiro atoms. The highest BCUT2D eigenvalue weighted by Gasteiger charge is 2.24. The number of carboxylic acid groups (broad SMARTS) is 1. The zero-order valence-electron chi connectivity index (χ0n) is 16.7. The van der Waals surface area contributed by atoms with E-state index < -0.39 is 6.09 Å². The zero-order chi connectivity index (χ0) is 21.3. The highest BCUT2D eigenvalue weighted by molar-refractivity contribution is 9.10. The summed E-state index contributed by atoms with van der Waals surface area (Å²) in [5, 5.41) is 9.10. The van der Waals surface area contributed by atoms with Crippen LogP contribution in [0.2, 0.25) is 0 Å². The lowest BCUT2D eigenvalue weighted by Crippen LogP contribution is -2.39. The molecule has 1 aliphatic rings. The van der Waals surface area contributed by atoms with Crippen molar-refractivity contribution in [3.05, 3.63) is 64.4 Å². The molecule has 0 atom stereocenters. The molecule has 0 radical (unpaired) electrons. The maximum Gasteiger partial charge on any atom is 0.410 e. The fourth-order valence-corrected chi connectivity index (χ4v) is 3.91. The highest BCUT2D eigenvalue weighted by atomic mass is 79.9. The monoisotopic (exact) mass is 475 g/mol. The Kier molecular flexibility index (Phi) is 8.07.